The fourth-order valence-electron chi connectivity index (χ4n) is 2.47. The van der Waals surface area contributed by atoms with Crippen LogP contribution in [0.15, 0.2) is 28.8 Å². The molecule has 0 radical (unpaired) electrons. The number of amides is 1. The summed E-state index contributed by atoms with van der Waals surface area (Å²) in [4.78, 5) is 20.7. The molecule has 0 spiro atoms. The SMILES string of the molecule is CC(C)c1noc(N2CCN(C(=O)c3ccc(Cl)cc3)CC2)n1. The van der Waals surface area contributed by atoms with Crippen LogP contribution in [0.2, 0.25) is 5.02 Å². The lowest BCUT2D eigenvalue weighted by Gasteiger charge is -2.33. The van der Waals surface area contributed by atoms with Crippen molar-refractivity contribution in [3.63, 3.8) is 0 Å². The largest absolute Gasteiger partial charge is 0.335 e. The summed E-state index contributed by atoms with van der Waals surface area (Å²) in [6.45, 7) is 6.66. The van der Waals surface area contributed by atoms with Crippen LogP contribution in [0.5, 0.6) is 0 Å². The van der Waals surface area contributed by atoms with E-state index in [4.69, 9.17) is 16.1 Å². The molecule has 1 aromatic heterocycles. The van der Waals surface area contributed by atoms with Crippen molar-refractivity contribution in [2.24, 2.45) is 0 Å². The maximum Gasteiger partial charge on any atom is 0.324 e. The van der Waals surface area contributed by atoms with Gasteiger partial charge < -0.3 is 14.3 Å². The van der Waals surface area contributed by atoms with E-state index in [0.717, 1.165) is 0 Å². The number of nitrogens with zero attached hydrogens (tertiary/aromatic N) is 4. The Morgan fingerprint density at radius 1 is 1.17 bits per heavy atom. The molecule has 7 heteroatoms. The van der Waals surface area contributed by atoms with E-state index in [9.17, 15) is 4.79 Å². The minimum Gasteiger partial charge on any atom is -0.335 e. The van der Waals surface area contributed by atoms with Crippen molar-refractivity contribution in [1.82, 2.24) is 15.0 Å². The predicted octanol–water partition coefficient (Wildman–Crippen LogP) is 2.81. The minimum absolute atomic E-state index is 0.0229. The van der Waals surface area contributed by atoms with Gasteiger partial charge in [-0.1, -0.05) is 30.6 Å². The highest BCUT2D eigenvalue weighted by Gasteiger charge is 2.25. The molecule has 1 aromatic carbocycles. The number of benzene rings is 1. The summed E-state index contributed by atoms with van der Waals surface area (Å²) in [5, 5.41) is 4.61. The number of halogens is 1. The van der Waals surface area contributed by atoms with Crippen LogP contribution in [0.1, 0.15) is 35.9 Å². The first-order chi connectivity index (χ1) is 11.0. The molecule has 0 unspecified atom stereocenters. The van der Waals surface area contributed by atoms with Crippen LogP contribution >= 0.6 is 11.6 Å². The summed E-state index contributed by atoms with van der Waals surface area (Å²) in [5.41, 5.74) is 0.655. The Balaban J connectivity index is 1.61. The lowest BCUT2D eigenvalue weighted by atomic mass is 10.2. The first-order valence-electron chi connectivity index (χ1n) is 7.68. The van der Waals surface area contributed by atoms with E-state index < -0.39 is 0 Å². The smallest absolute Gasteiger partial charge is 0.324 e. The quantitative estimate of drug-likeness (QED) is 0.863. The zero-order valence-corrected chi connectivity index (χ0v) is 14.0. The Morgan fingerprint density at radius 2 is 1.83 bits per heavy atom. The molecule has 0 bridgehead atoms. The van der Waals surface area contributed by atoms with Gasteiger partial charge in [-0.05, 0) is 24.3 Å². The molecule has 1 amide bonds. The Labute approximate surface area is 140 Å². The van der Waals surface area contributed by atoms with Gasteiger partial charge in [-0.25, -0.2) is 0 Å². The first kappa shape index (κ1) is 15.8. The van der Waals surface area contributed by atoms with E-state index in [-0.39, 0.29) is 11.8 Å². The lowest BCUT2D eigenvalue weighted by Crippen LogP contribution is -2.48. The highest BCUT2D eigenvalue weighted by atomic mass is 35.5. The highest BCUT2D eigenvalue weighted by Crippen LogP contribution is 2.19. The number of rotatable bonds is 3. The number of hydrogen-bond acceptors (Lipinski definition) is 5. The monoisotopic (exact) mass is 334 g/mol. The molecular formula is C16H19ClN4O2. The molecule has 0 aliphatic carbocycles. The molecule has 23 heavy (non-hydrogen) atoms. The van der Waals surface area contributed by atoms with Gasteiger partial charge in [0.25, 0.3) is 5.91 Å². The van der Waals surface area contributed by atoms with E-state index in [1.807, 2.05) is 23.6 Å². The molecule has 1 fully saturated rings. The molecule has 0 saturated carbocycles. The number of aromatic nitrogens is 2. The third kappa shape index (κ3) is 3.47. The zero-order chi connectivity index (χ0) is 16.4. The predicted molar refractivity (Wildman–Crippen MR) is 88.0 cm³/mol. The number of carbonyl (C=O) groups is 1. The van der Waals surface area contributed by atoms with Gasteiger partial charge in [0.1, 0.15) is 0 Å². The topological polar surface area (TPSA) is 62.5 Å². The van der Waals surface area contributed by atoms with Crippen LogP contribution < -0.4 is 4.90 Å². The summed E-state index contributed by atoms with van der Waals surface area (Å²) in [6, 6.07) is 7.51. The van der Waals surface area contributed by atoms with Gasteiger partial charge in [0.2, 0.25) is 0 Å². The van der Waals surface area contributed by atoms with Gasteiger partial charge in [0.05, 0.1) is 0 Å². The van der Waals surface area contributed by atoms with E-state index in [2.05, 4.69) is 10.1 Å². The van der Waals surface area contributed by atoms with Gasteiger partial charge in [-0.2, -0.15) is 4.98 Å². The molecule has 1 saturated heterocycles. The molecule has 3 rings (SSSR count). The number of anilines is 1. The molecule has 122 valence electrons. The summed E-state index contributed by atoms with van der Waals surface area (Å²) < 4.78 is 5.31. The van der Waals surface area contributed by atoms with Gasteiger partial charge in [-0.3, -0.25) is 4.79 Å². The summed E-state index contributed by atoms with van der Waals surface area (Å²) in [6.07, 6.45) is 0. The van der Waals surface area contributed by atoms with E-state index in [1.54, 1.807) is 24.3 Å². The van der Waals surface area contributed by atoms with Gasteiger partial charge in [0, 0.05) is 42.7 Å². The van der Waals surface area contributed by atoms with Crippen LogP contribution in [0, 0.1) is 0 Å². The van der Waals surface area contributed by atoms with E-state index in [0.29, 0.717) is 48.6 Å². The van der Waals surface area contributed by atoms with Gasteiger partial charge >= 0.3 is 6.01 Å². The maximum atomic E-state index is 12.5. The van der Waals surface area contributed by atoms with Crippen molar-refractivity contribution in [3.05, 3.63) is 40.7 Å². The second-order valence-electron chi connectivity index (χ2n) is 5.88. The Bertz CT molecular complexity index is 676. The van der Waals surface area contributed by atoms with Crippen molar-refractivity contribution in [3.8, 4) is 0 Å². The van der Waals surface area contributed by atoms with Crippen molar-refractivity contribution >= 4 is 23.5 Å². The average molecular weight is 335 g/mol. The molecule has 2 aromatic rings. The van der Waals surface area contributed by atoms with Crippen LogP contribution in [0.25, 0.3) is 0 Å². The second kappa shape index (κ2) is 6.58. The van der Waals surface area contributed by atoms with Gasteiger partial charge in [0.15, 0.2) is 5.82 Å². The lowest BCUT2D eigenvalue weighted by molar-refractivity contribution is 0.0744. The standard InChI is InChI=1S/C16H19ClN4O2/c1-11(2)14-18-16(23-19-14)21-9-7-20(8-10-21)15(22)12-3-5-13(17)6-4-12/h3-6,11H,7-10H2,1-2H3. The maximum absolute atomic E-state index is 12.5. The number of hydrogen-bond donors (Lipinski definition) is 0. The molecule has 0 N–H and O–H groups in total. The van der Waals surface area contributed by atoms with Crippen molar-refractivity contribution in [1.29, 1.82) is 0 Å². The van der Waals surface area contributed by atoms with Crippen molar-refractivity contribution < 1.29 is 9.32 Å². The van der Waals surface area contributed by atoms with Gasteiger partial charge in [-0.15, -0.1) is 0 Å². The Kier molecular flexibility index (Phi) is 4.52. The fraction of sp³-hybridized carbons (Fsp3) is 0.438. The molecule has 6 nitrogen and oxygen atoms in total. The van der Waals surface area contributed by atoms with Crippen LogP contribution in [0.4, 0.5) is 6.01 Å². The fourth-order valence-corrected chi connectivity index (χ4v) is 2.59. The van der Waals surface area contributed by atoms with E-state index in [1.165, 1.54) is 0 Å². The normalized spacial score (nSPS) is 15.3. The van der Waals surface area contributed by atoms with E-state index >= 15 is 0 Å². The Morgan fingerprint density at radius 3 is 2.39 bits per heavy atom. The van der Waals surface area contributed by atoms with Crippen molar-refractivity contribution in [2.45, 2.75) is 19.8 Å². The summed E-state index contributed by atoms with van der Waals surface area (Å²) in [7, 11) is 0. The second-order valence-corrected chi connectivity index (χ2v) is 6.31. The molecule has 0 atom stereocenters. The van der Waals surface area contributed by atoms with Crippen LogP contribution in [-0.2, 0) is 0 Å². The average Bonchev–Trinajstić information content (AvgIpc) is 3.05. The number of carbonyl (C=O) groups excluding carboxylic acids is 1. The molecular weight excluding hydrogens is 316 g/mol. The first-order valence-corrected chi connectivity index (χ1v) is 8.06. The minimum atomic E-state index is 0.0229. The Hall–Kier alpha value is -2.08. The zero-order valence-electron chi connectivity index (χ0n) is 13.2. The molecule has 1 aliphatic rings. The molecule has 1 aliphatic heterocycles. The third-order valence-corrected chi connectivity index (χ3v) is 4.13. The highest BCUT2D eigenvalue weighted by molar-refractivity contribution is 6.30. The molecule has 2 heterocycles. The third-order valence-electron chi connectivity index (χ3n) is 3.88. The van der Waals surface area contributed by atoms with Crippen molar-refractivity contribution in [2.75, 3.05) is 31.1 Å². The number of piperazine rings is 1. The van der Waals surface area contributed by atoms with Crippen LogP contribution in [-0.4, -0.2) is 47.1 Å². The summed E-state index contributed by atoms with van der Waals surface area (Å²) in [5.74, 6) is 0.967. The van der Waals surface area contributed by atoms with Crippen LogP contribution in [0.3, 0.4) is 0 Å². The summed E-state index contributed by atoms with van der Waals surface area (Å²) >= 11 is 5.86.